The predicted octanol–water partition coefficient (Wildman–Crippen LogP) is 6.56. The van der Waals surface area contributed by atoms with Gasteiger partial charge in [0.1, 0.15) is 5.75 Å². The van der Waals surface area contributed by atoms with Gasteiger partial charge in [0.15, 0.2) is 0 Å². The van der Waals surface area contributed by atoms with Crippen molar-refractivity contribution in [2.75, 3.05) is 13.7 Å². The van der Waals surface area contributed by atoms with Gasteiger partial charge in [-0.25, -0.2) is 0 Å². The number of ether oxygens (including phenoxy) is 4. The zero-order valence-electron chi connectivity index (χ0n) is 23.0. The van der Waals surface area contributed by atoms with Gasteiger partial charge >= 0.3 is 0 Å². The van der Waals surface area contributed by atoms with Gasteiger partial charge in [-0.05, 0) is 73.4 Å². The van der Waals surface area contributed by atoms with Gasteiger partial charge in [-0.3, -0.25) is 0 Å². The van der Waals surface area contributed by atoms with Gasteiger partial charge in [0.25, 0.3) is 0 Å². The highest BCUT2D eigenvalue weighted by atomic mass is 35.5. The molecule has 7 heteroatoms. The molecule has 2 saturated heterocycles. The number of aryl methyl sites for hydroxylation is 1. The maximum atomic E-state index is 10.2. The van der Waals surface area contributed by atoms with Gasteiger partial charge < -0.3 is 24.1 Å². The molecular formula is C32H38ClNO5. The first-order valence-electron chi connectivity index (χ1n) is 14.0. The molecule has 6 nitrogen and oxygen atoms in total. The molecule has 1 saturated carbocycles. The number of nitriles is 1. The fraction of sp³-hybridized carbons (Fsp3) is 0.531. The molecule has 5 unspecified atom stereocenters. The normalized spacial score (nSPS) is 29.5. The number of benzene rings is 2. The van der Waals surface area contributed by atoms with Crippen LogP contribution in [0.25, 0.3) is 6.08 Å². The van der Waals surface area contributed by atoms with Crippen LogP contribution in [-0.2, 0) is 32.8 Å². The Kier molecular flexibility index (Phi) is 8.37. The third kappa shape index (κ3) is 5.12. The minimum Gasteiger partial charge on any atom is -0.465 e. The van der Waals surface area contributed by atoms with E-state index in [-0.39, 0.29) is 23.7 Å². The van der Waals surface area contributed by atoms with Crippen LogP contribution < -0.4 is 4.74 Å². The van der Waals surface area contributed by atoms with Crippen molar-refractivity contribution in [1.29, 1.82) is 5.26 Å². The van der Waals surface area contributed by atoms with Gasteiger partial charge in [0.2, 0.25) is 12.1 Å². The minimum absolute atomic E-state index is 0.00270. The van der Waals surface area contributed by atoms with E-state index in [2.05, 4.69) is 18.2 Å². The molecule has 5 rings (SSSR count). The van der Waals surface area contributed by atoms with Crippen molar-refractivity contribution in [1.82, 2.24) is 0 Å². The summed E-state index contributed by atoms with van der Waals surface area (Å²) < 4.78 is 24.3. The molecule has 0 radical (unpaired) electrons. The summed E-state index contributed by atoms with van der Waals surface area (Å²) in [5.74, 6) is 0.0407. The standard InChI is InChI=1S/C32H38ClNO5/c1-4-28-27(35)19-21(2)30(39-28)38-24-12-8-22(9-13-24)10-14-25-23(7-5-18-34)11-15-26(29(25)33)32(36-3)31(20-37-32)16-6-17-31/h5,7-9,11-13,15,21,27-28,30,35H,4,6,10,14,16-17,19-20H2,1-3H3/b7-5+. The van der Waals surface area contributed by atoms with Gasteiger partial charge in [0, 0.05) is 24.7 Å². The van der Waals surface area contributed by atoms with Gasteiger partial charge in [-0.1, -0.05) is 56.1 Å². The maximum Gasteiger partial charge on any atom is 0.204 e. The number of allylic oxidation sites excluding steroid dienone is 1. The van der Waals surface area contributed by atoms with Crippen LogP contribution in [0.1, 0.15) is 68.2 Å². The molecule has 2 aromatic rings. The lowest BCUT2D eigenvalue weighted by atomic mass is 9.58. The van der Waals surface area contributed by atoms with E-state index >= 15 is 0 Å². The molecule has 1 N–H and O–H groups in total. The average Bonchev–Trinajstić information content (AvgIpc) is 2.89. The van der Waals surface area contributed by atoms with Crippen LogP contribution in [-0.4, -0.2) is 37.3 Å². The van der Waals surface area contributed by atoms with Crippen LogP contribution in [0.5, 0.6) is 5.75 Å². The van der Waals surface area contributed by atoms with E-state index in [4.69, 9.17) is 35.8 Å². The van der Waals surface area contributed by atoms with Crippen LogP contribution in [0.4, 0.5) is 0 Å². The molecule has 2 aliphatic heterocycles. The van der Waals surface area contributed by atoms with Crippen LogP contribution in [0.15, 0.2) is 42.5 Å². The SMILES string of the molecule is CCC1OC(Oc2ccc(CCc3c(/C=C/C#N)ccc(C4(OC)OCC45CCC5)c3Cl)cc2)C(C)CC1O. The van der Waals surface area contributed by atoms with Crippen molar-refractivity contribution < 1.29 is 24.1 Å². The van der Waals surface area contributed by atoms with E-state index in [1.807, 2.05) is 44.2 Å². The second kappa shape index (κ2) is 11.6. The lowest BCUT2D eigenvalue weighted by Crippen LogP contribution is -2.65. The summed E-state index contributed by atoms with van der Waals surface area (Å²) in [5.41, 5.74) is 3.93. The van der Waals surface area contributed by atoms with E-state index in [1.54, 1.807) is 7.11 Å². The van der Waals surface area contributed by atoms with Gasteiger partial charge in [-0.15, -0.1) is 0 Å². The highest BCUT2D eigenvalue weighted by molar-refractivity contribution is 6.32. The number of aliphatic hydroxyl groups is 1. The predicted molar refractivity (Wildman–Crippen MR) is 150 cm³/mol. The lowest BCUT2D eigenvalue weighted by Gasteiger charge is -2.62. The Balaban J connectivity index is 1.32. The second-order valence-electron chi connectivity index (χ2n) is 11.2. The molecule has 1 aliphatic carbocycles. The van der Waals surface area contributed by atoms with Crippen molar-refractivity contribution in [2.45, 2.75) is 83.1 Å². The number of hydrogen-bond donors (Lipinski definition) is 1. The smallest absolute Gasteiger partial charge is 0.204 e. The molecule has 1 spiro atoms. The Morgan fingerprint density at radius 2 is 1.95 bits per heavy atom. The summed E-state index contributed by atoms with van der Waals surface area (Å²) in [5, 5.41) is 20.0. The first-order valence-corrected chi connectivity index (χ1v) is 14.4. The van der Waals surface area contributed by atoms with Crippen LogP contribution in [0.3, 0.4) is 0 Å². The van der Waals surface area contributed by atoms with E-state index < -0.39 is 11.9 Å². The number of hydrogen-bond acceptors (Lipinski definition) is 6. The zero-order valence-corrected chi connectivity index (χ0v) is 23.7. The second-order valence-corrected chi connectivity index (χ2v) is 11.6. The number of nitrogens with zero attached hydrogens (tertiary/aromatic N) is 1. The van der Waals surface area contributed by atoms with Crippen molar-refractivity contribution in [3.05, 3.63) is 69.8 Å². The average molecular weight is 552 g/mol. The van der Waals surface area contributed by atoms with E-state index in [0.29, 0.717) is 24.5 Å². The highest BCUT2D eigenvalue weighted by Crippen LogP contribution is 2.64. The molecule has 0 bridgehead atoms. The van der Waals surface area contributed by atoms with Gasteiger partial charge in [-0.2, -0.15) is 5.26 Å². The fourth-order valence-corrected chi connectivity index (χ4v) is 6.74. The number of methoxy groups -OCH3 is 1. The van der Waals surface area contributed by atoms with E-state index in [9.17, 15) is 5.11 Å². The third-order valence-electron chi connectivity index (χ3n) is 8.88. The van der Waals surface area contributed by atoms with Crippen molar-refractivity contribution in [3.8, 4) is 11.8 Å². The molecule has 3 fully saturated rings. The van der Waals surface area contributed by atoms with E-state index in [1.165, 1.54) is 12.5 Å². The first kappa shape index (κ1) is 28.1. The van der Waals surface area contributed by atoms with Crippen molar-refractivity contribution in [2.24, 2.45) is 11.3 Å². The number of aliphatic hydroxyl groups excluding tert-OH is 1. The summed E-state index contributed by atoms with van der Waals surface area (Å²) in [6.45, 7) is 4.75. The largest absolute Gasteiger partial charge is 0.465 e. The van der Waals surface area contributed by atoms with Crippen LogP contribution >= 0.6 is 11.6 Å². The summed E-state index contributed by atoms with van der Waals surface area (Å²) in [4.78, 5) is 0. The summed E-state index contributed by atoms with van der Waals surface area (Å²) in [7, 11) is 1.70. The topological polar surface area (TPSA) is 80.9 Å². The molecular weight excluding hydrogens is 514 g/mol. The molecule has 2 aromatic carbocycles. The Bertz CT molecular complexity index is 1220. The monoisotopic (exact) mass is 551 g/mol. The Morgan fingerprint density at radius 1 is 1.18 bits per heavy atom. The number of halogens is 1. The van der Waals surface area contributed by atoms with Crippen LogP contribution in [0, 0.1) is 22.7 Å². The molecule has 39 heavy (non-hydrogen) atoms. The molecule has 3 aliphatic rings. The third-order valence-corrected chi connectivity index (χ3v) is 9.31. The van der Waals surface area contributed by atoms with Crippen molar-refractivity contribution in [3.63, 3.8) is 0 Å². The molecule has 208 valence electrons. The Morgan fingerprint density at radius 3 is 2.54 bits per heavy atom. The molecule has 0 amide bonds. The highest BCUT2D eigenvalue weighted by Gasteiger charge is 2.66. The maximum absolute atomic E-state index is 10.2. The molecule has 5 atom stereocenters. The van der Waals surface area contributed by atoms with Crippen LogP contribution in [0.2, 0.25) is 5.02 Å². The van der Waals surface area contributed by atoms with E-state index in [0.717, 1.165) is 53.7 Å². The Hall–Kier alpha value is -2.40. The quantitative estimate of drug-likeness (QED) is 0.355. The number of rotatable bonds is 9. The van der Waals surface area contributed by atoms with Gasteiger partial charge in [0.05, 0.1) is 35.3 Å². The molecule has 2 heterocycles. The molecule has 0 aromatic heterocycles. The summed E-state index contributed by atoms with van der Waals surface area (Å²) in [6.07, 6.45) is 8.48. The fourth-order valence-electron chi connectivity index (χ4n) is 6.35. The summed E-state index contributed by atoms with van der Waals surface area (Å²) in [6, 6.07) is 14.2. The Labute approximate surface area is 236 Å². The lowest BCUT2D eigenvalue weighted by molar-refractivity contribution is -0.416. The first-order chi connectivity index (χ1) is 18.9. The summed E-state index contributed by atoms with van der Waals surface area (Å²) >= 11 is 7.10. The minimum atomic E-state index is -0.807. The zero-order chi connectivity index (χ0) is 27.6. The van der Waals surface area contributed by atoms with Crippen molar-refractivity contribution >= 4 is 17.7 Å².